The van der Waals surface area contributed by atoms with Gasteiger partial charge in [0.2, 0.25) is 0 Å². The summed E-state index contributed by atoms with van der Waals surface area (Å²) in [6.07, 6.45) is 0.838. The molecule has 0 saturated heterocycles. The number of hydrogen-bond acceptors (Lipinski definition) is 3. The molecule has 1 aromatic heterocycles. The second kappa shape index (κ2) is 5.13. The van der Waals surface area contributed by atoms with Crippen LogP contribution in [0.2, 0.25) is 0 Å². The van der Waals surface area contributed by atoms with Crippen molar-refractivity contribution in [3.05, 3.63) is 38.7 Å². The zero-order chi connectivity index (χ0) is 13.3. The topological polar surface area (TPSA) is 49.8 Å². The van der Waals surface area contributed by atoms with E-state index in [1.807, 2.05) is 0 Å². The lowest BCUT2D eigenvalue weighted by molar-refractivity contribution is 1.16. The van der Waals surface area contributed by atoms with Crippen molar-refractivity contribution in [3.63, 3.8) is 0 Å². The predicted molar refractivity (Wildman–Crippen MR) is 80.7 cm³/mol. The average molecular weight is 321 g/mol. The molecular formula is C14H13BrN2S. The van der Waals surface area contributed by atoms with E-state index in [0.29, 0.717) is 10.6 Å². The molecule has 0 amide bonds. The smallest absolute Gasteiger partial charge is 0.128 e. The Morgan fingerprint density at radius 3 is 2.72 bits per heavy atom. The SMILES string of the molecule is CCc1c(-c2ccc(C)c(Br)c2)sc(C#N)c1N. The number of thiophene rings is 1. The number of anilines is 1. The third-order valence-corrected chi connectivity index (χ3v) is 4.99. The predicted octanol–water partition coefficient (Wildman–Crippen LogP) is 4.50. The molecule has 4 heteroatoms. The summed E-state index contributed by atoms with van der Waals surface area (Å²) in [5.74, 6) is 0. The molecule has 18 heavy (non-hydrogen) atoms. The van der Waals surface area contributed by atoms with Gasteiger partial charge in [-0.2, -0.15) is 5.26 Å². The number of halogens is 1. The summed E-state index contributed by atoms with van der Waals surface area (Å²) in [5.41, 5.74) is 10.0. The second-order valence-electron chi connectivity index (χ2n) is 4.08. The molecule has 2 aromatic rings. The van der Waals surface area contributed by atoms with E-state index in [0.717, 1.165) is 26.9 Å². The third-order valence-electron chi connectivity index (χ3n) is 2.94. The van der Waals surface area contributed by atoms with Crippen LogP contribution >= 0.6 is 27.3 Å². The van der Waals surface area contributed by atoms with Crippen molar-refractivity contribution in [1.82, 2.24) is 0 Å². The monoisotopic (exact) mass is 320 g/mol. The van der Waals surface area contributed by atoms with Crippen molar-refractivity contribution in [2.24, 2.45) is 0 Å². The van der Waals surface area contributed by atoms with E-state index in [4.69, 9.17) is 11.0 Å². The first kappa shape index (κ1) is 13.1. The molecule has 2 nitrogen and oxygen atoms in total. The summed E-state index contributed by atoms with van der Waals surface area (Å²) in [5, 5.41) is 9.07. The van der Waals surface area contributed by atoms with Crippen molar-refractivity contribution in [2.45, 2.75) is 20.3 Å². The van der Waals surface area contributed by atoms with Gasteiger partial charge < -0.3 is 5.73 Å². The van der Waals surface area contributed by atoms with E-state index in [9.17, 15) is 0 Å². The molecular weight excluding hydrogens is 308 g/mol. The summed E-state index contributed by atoms with van der Waals surface area (Å²) in [4.78, 5) is 1.71. The first-order chi connectivity index (χ1) is 8.58. The Balaban J connectivity index is 2.63. The molecule has 0 radical (unpaired) electrons. The lowest BCUT2D eigenvalue weighted by Crippen LogP contribution is -1.91. The Kier molecular flexibility index (Phi) is 3.74. The lowest BCUT2D eigenvalue weighted by Gasteiger charge is -2.05. The van der Waals surface area contributed by atoms with Crippen LogP contribution in [0.1, 0.15) is 22.9 Å². The van der Waals surface area contributed by atoms with Gasteiger partial charge in [-0.15, -0.1) is 11.3 Å². The molecule has 2 rings (SSSR count). The second-order valence-corrected chi connectivity index (χ2v) is 5.96. The van der Waals surface area contributed by atoms with Gasteiger partial charge in [-0.3, -0.25) is 0 Å². The molecule has 1 heterocycles. The zero-order valence-electron chi connectivity index (χ0n) is 10.2. The van der Waals surface area contributed by atoms with Crippen LogP contribution in [0.5, 0.6) is 0 Å². The van der Waals surface area contributed by atoms with E-state index < -0.39 is 0 Å². The summed E-state index contributed by atoms with van der Waals surface area (Å²) in [7, 11) is 0. The minimum absolute atomic E-state index is 0.610. The average Bonchev–Trinajstić information content (AvgIpc) is 2.69. The van der Waals surface area contributed by atoms with Gasteiger partial charge in [-0.1, -0.05) is 35.0 Å². The van der Waals surface area contributed by atoms with Crippen molar-refractivity contribution >= 4 is 33.0 Å². The van der Waals surface area contributed by atoms with Gasteiger partial charge >= 0.3 is 0 Å². The van der Waals surface area contributed by atoms with Crippen molar-refractivity contribution in [3.8, 4) is 16.5 Å². The Hall–Kier alpha value is -1.31. The van der Waals surface area contributed by atoms with Crippen LogP contribution in [0.25, 0.3) is 10.4 Å². The van der Waals surface area contributed by atoms with Crippen LogP contribution in [-0.4, -0.2) is 0 Å². The molecule has 0 bridgehead atoms. The summed E-state index contributed by atoms with van der Waals surface area (Å²) < 4.78 is 1.08. The molecule has 0 aliphatic heterocycles. The molecule has 92 valence electrons. The Morgan fingerprint density at radius 1 is 1.44 bits per heavy atom. The van der Waals surface area contributed by atoms with Crippen molar-refractivity contribution < 1.29 is 0 Å². The van der Waals surface area contributed by atoms with Gasteiger partial charge in [0.05, 0.1) is 5.69 Å². The van der Waals surface area contributed by atoms with Gasteiger partial charge in [-0.05, 0) is 36.1 Å². The highest BCUT2D eigenvalue weighted by molar-refractivity contribution is 9.10. The fraction of sp³-hybridized carbons (Fsp3) is 0.214. The highest BCUT2D eigenvalue weighted by Gasteiger charge is 2.16. The summed E-state index contributed by atoms with van der Waals surface area (Å²) >= 11 is 5.01. The minimum atomic E-state index is 0.610. The number of nitrogens with two attached hydrogens (primary N) is 1. The van der Waals surface area contributed by atoms with Crippen LogP contribution in [0.15, 0.2) is 22.7 Å². The fourth-order valence-electron chi connectivity index (χ4n) is 1.88. The normalized spacial score (nSPS) is 10.3. The van der Waals surface area contributed by atoms with Crippen LogP contribution in [0.3, 0.4) is 0 Å². The van der Waals surface area contributed by atoms with E-state index in [2.05, 4.69) is 54.0 Å². The van der Waals surface area contributed by atoms with Gasteiger partial charge in [0.1, 0.15) is 10.9 Å². The summed E-state index contributed by atoms with van der Waals surface area (Å²) in [6, 6.07) is 8.40. The Morgan fingerprint density at radius 2 is 2.17 bits per heavy atom. The number of rotatable bonds is 2. The molecule has 2 N–H and O–H groups in total. The molecule has 0 unspecified atom stereocenters. The first-order valence-electron chi connectivity index (χ1n) is 5.66. The van der Waals surface area contributed by atoms with E-state index in [1.54, 1.807) is 0 Å². The van der Waals surface area contributed by atoms with Crippen molar-refractivity contribution in [2.75, 3.05) is 5.73 Å². The standard InChI is InChI=1S/C14H13BrN2S/c1-3-10-13(17)12(7-16)18-14(10)9-5-4-8(2)11(15)6-9/h4-6H,3,17H2,1-2H3. The van der Waals surface area contributed by atoms with Crippen LogP contribution < -0.4 is 5.73 Å². The number of nitrogen functional groups attached to an aromatic ring is 1. The molecule has 0 saturated carbocycles. The molecule has 0 spiro atoms. The minimum Gasteiger partial charge on any atom is -0.397 e. The van der Waals surface area contributed by atoms with Crippen molar-refractivity contribution in [1.29, 1.82) is 5.26 Å². The van der Waals surface area contributed by atoms with Gasteiger partial charge in [0.15, 0.2) is 0 Å². The van der Waals surface area contributed by atoms with Crippen LogP contribution in [-0.2, 0) is 6.42 Å². The quantitative estimate of drug-likeness (QED) is 0.885. The van der Waals surface area contributed by atoms with Gasteiger partial charge in [0, 0.05) is 9.35 Å². The Bertz CT molecular complexity index is 638. The zero-order valence-corrected chi connectivity index (χ0v) is 12.7. The number of hydrogen-bond donors (Lipinski definition) is 1. The van der Waals surface area contributed by atoms with Gasteiger partial charge in [0.25, 0.3) is 0 Å². The number of benzene rings is 1. The maximum atomic E-state index is 9.07. The largest absolute Gasteiger partial charge is 0.397 e. The maximum Gasteiger partial charge on any atom is 0.128 e. The highest BCUT2D eigenvalue weighted by atomic mass is 79.9. The lowest BCUT2D eigenvalue weighted by atomic mass is 10.0. The number of nitriles is 1. The van der Waals surface area contributed by atoms with E-state index in [1.165, 1.54) is 16.9 Å². The third kappa shape index (κ3) is 2.16. The number of nitrogens with zero attached hydrogens (tertiary/aromatic N) is 1. The first-order valence-corrected chi connectivity index (χ1v) is 7.27. The van der Waals surface area contributed by atoms with E-state index >= 15 is 0 Å². The maximum absolute atomic E-state index is 9.07. The summed E-state index contributed by atoms with van der Waals surface area (Å²) in [6.45, 7) is 4.12. The Labute approximate surface area is 119 Å². The number of aryl methyl sites for hydroxylation is 1. The molecule has 0 aliphatic rings. The molecule has 0 aliphatic carbocycles. The molecule has 0 atom stereocenters. The molecule has 0 fully saturated rings. The van der Waals surface area contributed by atoms with Crippen LogP contribution in [0.4, 0.5) is 5.69 Å². The molecule has 1 aromatic carbocycles. The highest BCUT2D eigenvalue weighted by Crippen LogP contribution is 2.39. The van der Waals surface area contributed by atoms with Crippen LogP contribution in [0, 0.1) is 18.3 Å². The van der Waals surface area contributed by atoms with Gasteiger partial charge in [-0.25, -0.2) is 0 Å². The van der Waals surface area contributed by atoms with E-state index in [-0.39, 0.29) is 0 Å². The fourth-order valence-corrected chi connectivity index (χ4v) is 3.36.